The topological polar surface area (TPSA) is 66.4 Å². The molecule has 0 aliphatic heterocycles. The first-order chi connectivity index (χ1) is 10.2. The third kappa shape index (κ3) is 4.88. The molecule has 0 aromatic heterocycles. The SMILES string of the molecule is O=C(CCc1ccccc1)N[C@@H](C(=O)O)C1CCCCC1. The van der Waals surface area contributed by atoms with Crippen molar-refractivity contribution in [3.05, 3.63) is 35.9 Å². The van der Waals surface area contributed by atoms with Gasteiger partial charge in [0.15, 0.2) is 0 Å². The smallest absolute Gasteiger partial charge is 0.326 e. The number of benzene rings is 1. The van der Waals surface area contributed by atoms with Crippen LogP contribution in [0.15, 0.2) is 30.3 Å². The fourth-order valence-electron chi connectivity index (χ4n) is 3.00. The van der Waals surface area contributed by atoms with E-state index in [-0.39, 0.29) is 11.8 Å². The fraction of sp³-hybridized carbons (Fsp3) is 0.529. The maximum Gasteiger partial charge on any atom is 0.326 e. The van der Waals surface area contributed by atoms with Crippen molar-refractivity contribution >= 4 is 11.9 Å². The highest BCUT2D eigenvalue weighted by Crippen LogP contribution is 2.26. The lowest BCUT2D eigenvalue weighted by atomic mass is 9.84. The number of aliphatic carboxylic acids is 1. The molecule has 1 aliphatic carbocycles. The number of carboxylic acid groups (broad SMARTS) is 1. The van der Waals surface area contributed by atoms with Gasteiger partial charge in [-0.3, -0.25) is 4.79 Å². The summed E-state index contributed by atoms with van der Waals surface area (Å²) in [5.74, 6) is -0.997. The summed E-state index contributed by atoms with van der Waals surface area (Å²) in [5.41, 5.74) is 1.09. The third-order valence-corrected chi connectivity index (χ3v) is 4.19. The second-order valence-electron chi connectivity index (χ2n) is 5.77. The van der Waals surface area contributed by atoms with Crippen molar-refractivity contribution < 1.29 is 14.7 Å². The second-order valence-corrected chi connectivity index (χ2v) is 5.77. The van der Waals surface area contributed by atoms with Gasteiger partial charge in [-0.1, -0.05) is 49.6 Å². The van der Waals surface area contributed by atoms with Crippen LogP contribution in [0.4, 0.5) is 0 Å². The van der Waals surface area contributed by atoms with Gasteiger partial charge in [0, 0.05) is 6.42 Å². The molecular formula is C17H23NO3. The molecule has 1 fully saturated rings. The third-order valence-electron chi connectivity index (χ3n) is 4.19. The number of rotatable bonds is 6. The number of amides is 1. The Morgan fingerprint density at radius 1 is 1.14 bits per heavy atom. The quantitative estimate of drug-likeness (QED) is 0.846. The Morgan fingerprint density at radius 3 is 2.43 bits per heavy atom. The maximum absolute atomic E-state index is 12.0. The zero-order valence-electron chi connectivity index (χ0n) is 12.3. The van der Waals surface area contributed by atoms with Crippen LogP contribution < -0.4 is 5.32 Å². The summed E-state index contributed by atoms with van der Waals surface area (Å²) in [4.78, 5) is 23.4. The van der Waals surface area contributed by atoms with E-state index in [1.54, 1.807) is 0 Å². The molecule has 1 aliphatic rings. The molecule has 4 heteroatoms. The highest BCUT2D eigenvalue weighted by atomic mass is 16.4. The van der Waals surface area contributed by atoms with Gasteiger partial charge < -0.3 is 10.4 Å². The molecule has 4 nitrogen and oxygen atoms in total. The highest BCUT2D eigenvalue weighted by Gasteiger charge is 2.30. The average molecular weight is 289 g/mol. The van der Waals surface area contributed by atoms with E-state index in [1.807, 2.05) is 30.3 Å². The van der Waals surface area contributed by atoms with Gasteiger partial charge in [-0.25, -0.2) is 4.79 Å². The van der Waals surface area contributed by atoms with Crippen molar-refractivity contribution in [2.24, 2.45) is 5.92 Å². The first kappa shape index (κ1) is 15.5. The van der Waals surface area contributed by atoms with Crippen LogP contribution in [0.3, 0.4) is 0 Å². The molecule has 1 aromatic carbocycles. The van der Waals surface area contributed by atoms with Crippen molar-refractivity contribution in [1.29, 1.82) is 0 Å². The van der Waals surface area contributed by atoms with E-state index in [0.717, 1.165) is 31.2 Å². The molecular weight excluding hydrogens is 266 g/mol. The van der Waals surface area contributed by atoms with Gasteiger partial charge in [0.2, 0.25) is 5.91 Å². The summed E-state index contributed by atoms with van der Waals surface area (Å²) in [6, 6.07) is 9.04. The summed E-state index contributed by atoms with van der Waals surface area (Å²) in [6.45, 7) is 0. The first-order valence-electron chi connectivity index (χ1n) is 7.73. The minimum Gasteiger partial charge on any atom is -0.480 e. The zero-order valence-corrected chi connectivity index (χ0v) is 12.3. The van der Waals surface area contributed by atoms with Gasteiger partial charge >= 0.3 is 5.97 Å². The van der Waals surface area contributed by atoms with Crippen LogP contribution in [0.5, 0.6) is 0 Å². The summed E-state index contributed by atoms with van der Waals surface area (Å²) in [5, 5.41) is 12.1. The largest absolute Gasteiger partial charge is 0.480 e. The minimum atomic E-state index is -0.907. The van der Waals surface area contributed by atoms with E-state index < -0.39 is 12.0 Å². The lowest BCUT2D eigenvalue weighted by Gasteiger charge is -2.28. The number of nitrogens with one attached hydrogen (secondary N) is 1. The van der Waals surface area contributed by atoms with Gasteiger partial charge in [0.25, 0.3) is 0 Å². The fourth-order valence-corrected chi connectivity index (χ4v) is 3.00. The van der Waals surface area contributed by atoms with E-state index >= 15 is 0 Å². The van der Waals surface area contributed by atoms with E-state index in [0.29, 0.717) is 12.8 Å². The minimum absolute atomic E-state index is 0.0805. The number of hydrogen-bond acceptors (Lipinski definition) is 2. The summed E-state index contributed by atoms with van der Waals surface area (Å²) in [7, 11) is 0. The van der Waals surface area contributed by atoms with Crippen molar-refractivity contribution in [2.75, 3.05) is 0 Å². The molecule has 1 saturated carbocycles. The van der Waals surface area contributed by atoms with Crippen molar-refractivity contribution in [1.82, 2.24) is 5.32 Å². The summed E-state index contributed by atoms with van der Waals surface area (Å²) in [6.07, 6.45) is 6.07. The van der Waals surface area contributed by atoms with E-state index in [9.17, 15) is 14.7 Å². The van der Waals surface area contributed by atoms with Gasteiger partial charge in [-0.05, 0) is 30.7 Å². The monoisotopic (exact) mass is 289 g/mol. The molecule has 0 saturated heterocycles. The average Bonchev–Trinajstić information content (AvgIpc) is 2.52. The van der Waals surface area contributed by atoms with Crippen LogP contribution in [0.2, 0.25) is 0 Å². The Balaban J connectivity index is 1.84. The van der Waals surface area contributed by atoms with Gasteiger partial charge in [-0.2, -0.15) is 0 Å². The maximum atomic E-state index is 12.0. The van der Waals surface area contributed by atoms with Crippen LogP contribution in [-0.4, -0.2) is 23.0 Å². The van der Waals surface area contributed by atoms with Crippen molar-refractivity contribution in [3.8, 4) is 0 Å². The number of carboxylic acids is 1. The molecule has 1 atom stereocenters. The Kier molecular flexibility index (Phi) is 5.78. The van der Waals surface area contributed by atoms with E-state index in [2.05, 4.69) is 5.32 Å². The molecule has 21 heavy (non-hydrogen) atoms. The van der Waals surface area contributed by atoms with Crippen LogP contribution in [0, 0.1) is 5.92 Å². The van der Waals surface area contributed by atoms with Crippen molar-refractivity contribution in [2.45, 2.75) is 51.0 Å². The molecule has 114 valence electrons. The Morgan fingerprint density at radius 2 is 1.81 bits per heavy atom. The number of carbonyl (C=O) groups is 2. The van der Waals surface area contributed by atoms with Gasteiger partial charge in [0.05, 0.1) is 0 Å². The van der Waals surface area contributed by atoms with Gasteiger partial charge in [-0.15, -0.1) is 0 Å². The molecule has 0 bridgehead atoms. The lowest BCUT2D eigenvalue weighted by Crippen LogP contribution is -2.46. The normalized spacial score (nSPS) is 17.1. The van der Waals surface area contributed by atoms with E-state index in [1.165, 1.54) is 6.42 Å². The number of aryl methyl sites for hydroxylation is 1. The van der Waals surface area contributed by atoms with E-state index in [4.69, 9.17) is 0 Å². The molecule has 0 heterocycles. The summed E-state index contributed by atoms with van der Waals surface area (Å²) < 4.78 is 0. The highest BCUT2D eigenvalue weighted by molar-refractivity contribution is 5.83. The first-order valence-corrected chi connectivity index (χ1v) is 7.73. The van der Waals surface area contributed by atoms with Crippen LogP contribution in [0.1, 0.15) is 44.1 Å². The predicted molar refractivity (Wildman–Crippen MR) is 80.9 cm³/mol. The van der Waals surface area contributed by atoms with Crippen molar-refractivity contribution in [3.63, 3.8) is 0 Å². The predicted octanol–water partition coefficient (Wildman–Crippen LogP) is 2.77. The molecule has 2 rings (SSSR count). The second kappa shape index (κ2) is 7.81. The summed E-state index contributed by atoms with van der Waals surface area (Å²) >= 11 is 0. The Hall–Kier alpha value is -1.84. The van der Waals surface area contributed by atoms with Gasteiger partial charge in [0.1, 0.15) is 6.04 Å². The lowest BCUT2D eigenvalue weighted by molar-refractivity contribution is -0.143. The Labute approximate surface area is 125 Å². The molecule has 0 radical (unpaired) electrons. The van der Waals surface area contributed by atoms with Crippen LogP contribution in [-0.2, 0) is 16.0 Å². The zero-order chi connectivity index (χ0) is 15.1. The van der Waals surface area contributed by atoms with Crippen LogP contribution >= 0.6 is 0 Å². The molecule has 1 amide bonds. The molecule has 2 N–H and O–H groups in total. The van der Waals surface area contributed by atoms with Crippen LogP contribution in [0.25, 0.3) is 0 Å². The number of hydrogen-bond donors (Lipinski definition) is 2. The molecule has 0 spiro atoms. The Bertz CT molecular complexity index is 466. The standard InChI is InChI=1S/C17H23NO3/c19-15(12-11-13-7-3-1-4-8-13)18-16(17(20)21)14-9-5-2-6-10-14/h1,3-4,7-8,14,16H,2,5-6,9-12H2,(H,18,19)(H,20,21)/t16-/m1/s1. The number of carbonyl (C=O) groups excluding carboxylic acids is 1. The molecule has 0 unspecified atom stereocenters. The molecule has 1 aromatic rings.